The van der Waals surface area contributed by atoms with Gasteiger partial charge in [-0.05, 0) is 37.0 Å². The van der Waals surface area contributed by atoms with Gasteiger partial charge in [-0.1, -0.05) is 40.9 Å². The van der Waals surface area contributed by atoms with Crippen molar-refractivity contribution in [2.24, 2.45) is 5.92 Å². The van der Waals surface area contributed by atoms with Gasteiger partial charge in [-0.15, -0.1) is 0 Å². The van der Waals surface area contributed by atoms with Crippen LogP contribution in [-0.2, 0) is 5.60 Å². The van der Waals surface area contributed by atoms with Gasteiger partial charge in [0.15, 0.2) is 0 Å². The maximum atomic E-state index is 10.3. The third kappa shape index (κ3) is 2.37. The summed E-state index contributed by atoms with van der Waals surface area (Å²) in [6, 6.07) is 7.95. The van der Waals surface area contributed by atoms with Crippen LogP contribution < -0.4 is 0 Å². The van der Waals surface area contributed by atoms with E-state index in [9.17, 15) is 5.11 Å². The molecule has 14 heavy (non-hydrogen) atoms. The van der Waals surface area contributed by atoms with Gasteiger partial charge in [-0.3, -0.25) is 0 Å². The summed E-state index contributed by atoms with van der Waals surface area (Å²) in [6.45, 7) is 1.91. The molecule has 0 heterocycles. The second-order valence-electron chi connectivity index (χ2n) is 4.43. The van der Waals surface area contributed by atoms with Gasteiger partial charge in [0, 0.05) is 4.47 Å². The minimum absolute atomic E-state index is 0.662. The standard InChI is InChI=1S/C12H15BrO/c1-12(14,8-9-5-6-9)10-3-2-4-11(13)7-10/h2-4,7,9,14H,5-6,8H2,1H3. The van der Waals surface area contributed by atoms with Crippen LogP contribution in [0.2, 0.25) is 0 Å². The lowest BCUT2D eigenvalue weighted by Gasteiger charge is -2.23. The summed E-state index contributed by atoms with van der Waals surface area (Å²) in [5, 5.41) is 10.3. The fourth-order valence-corrected chi connectivity index (χ4v) is 2.22. The number of benzene rings is 1. The Morgan fingerprint density at radius 1 is 1.50 bits per heavy atom. The number of rotatable bonds is 3. The van der Waals surface area contributed by atoms with Crippen LogP contribution in [0.1, 0.15) is 31.7 Å². The van der Waals surface area contributed by atoms with E-state index in [0.29, 0.717) is 0 Å². The minimum Gasteiger partial charge on any atom is -0.385 e. The third-order valence-electron chi connectivity index (χ3n) is 2.83. The molecular formula is C12H15BrO. The molecule has 0 saturated heterocycles. The maximum Gasteiger partial charge on any atom is 0.0871 e. The summed E-state index contributed by atoms with van der Waals surface area (Å²) >= 11 is 3.43. The van der Waals surface area contributed by atoms with Crippen molar-refractivity contribution in [3.05, 3.63) is 34.3 Å². The molecule has 0 bridgehead atoms. The van der Waals surface area contributed by atoms with Crippen LogP contribution in [0.5, 0.6) is 0 Å². The van der Waals surface area contributed by atoms with E-state index < -0.39 is 5.60 Å². The molecule has 1 aliphatic carbocycles. The molecule has 2 heteroatoms. The van der Waals surface area contributed by atoms with Crippen LogP contribution >= 0.6 is 15.9 Å². The van der Waals surface area contributed by atoms with E-state index in [4.69, 9.17) is 0 Å². The van der Waals surface area contributed by atoms with Gasteiger partial charge in [-0.25, -0.2) is 0 Å². The molecule has 1 aromatic carbocycles. The van der Waals surface area contributed by atoms with E-state index in [0.717, 1.165) is 22.4 Å². The highest BCUT2D eigenvalue weighted by Gasteiger charge is 2.32. The Balaban J connectivity index is 2.18. The fraction of sp³-hybridized carbons (Fsp3) is 0.500. The zero-order valence-corrected chi connectivity index (χ0v) is 9.92. The molecule has 1 aromatic rings. The predicted octanol–water partition coefficient (Wildman–Crippen LogP) is 3.46. The highest BCUT2D eigenvalue weighted by atomic mass is 79.9. The lowest BCUT2D eigenvalue weighted by molar-refractivity contribution is 0.0417. The van der Waals surface area contributed by atoms with Gasteiger partial charge in [0.1, 0.15) is 0 Å². The van der Waals surface area contributed by atoms with Gasteiger partial charge >= 0.3 is 0 Å². The zero-order chi connectivity index (χ0) is 10.2. The van der Waals surface area contributed by atoms with Gasteiger partial charge in [0.2, 0.25) is 0 Å². The first kappa shape index (κ1) is 10.2. The molecule has 1 fully saturated rings. The van der Waals surface area contributed by atoms with Crippen molar-refractivity contribution in [1.82, 2.24) is 0 Å². The van der Waals surface area contributed by atoms with Crippen molar-refractivity contribution in [3.63, 3.8) is 0 Å². The predicted molar refractivity (Wildman–Crippen MR) is 61.1 cm³/mol. The molecule has 0 radical (unpaired) electrons. The Hall–Kier alpha value is -0.340. The topological polar surface area (TPSA) is 20.2 Å². The second-order valence-corrected chi connectivity index (χ2v) is 5.35. The lowest BCUT2D eigenvalue weighted by Crippen LogP contribution is -2.21. The molecule has 0 spiro atoms. The highest BCUT2D eigenvalue weighted by Crippen LogP contribution is 2.40. The first-order valence-electron chi connectivity index (χ1n) is 5.06. The molecule has 0 aliphatic heterocycles. The number of hydrogen-bond acceptors (Lipinski definition) is 1. The van der Waals surface area contributed by atoms with Crippen molar-refractivity contribution in [3.8, 4) is 0 Å². The summed E-state index contributed by atoms with van der Waals surface area (Å²) in [6.07, 6.45) is 3.46. The quantitative estimate of drug-likeness (QED) is 0.876. The number of aliphatic hydroxyl groups is 1. The number of halogens is 1. The SMILES string of the molecule is CC(O)(CC1CC1)c1cccc(Br)c1. The van der Waals surface area contributed by atoms with Crippen LogP contribution in [0, 0.1) is 5.92 Å². The Morgan fingerprint density at radius 2 is 2.21 bits per heavy atom. The molecule has 1 atom stereocenters. The van der Waals surface area contributed by atoms with Crippen molar-refractivity contribution >= 4 is 15.9 Å². The van der Waals surface area contributed by atoms with E-state index in [-0.39, 0.29) is 0 Å². The summed E-state index contributed by atoms with van der Waals surface area (Å²) in [7, 11) is 0. The van der Waals surface area contributed by atoms with E-state index in [1.165, 1.54) is 12.8 Å². The van der Waals surface area contributed by atoms with Crippen LogP contribution in [0.25, 0.3) is 0 Å². The summed E-state index contributed by atoms with van der Waals surface area (Å²) in [5.41, 5.74) is 0.351. The van der Waals surface area contributed by atoms with Gasteiger partial charge < -0.3 is 5.11 Å². The molecular weight excluding hydrogens is 240 g/mol. The zero-order valence-electron chi connectivity index (χ0n) is 8.33. The molecule has 76 valence electrons. The average molecular weight is 255 g/mol. The van der Waals surface area contributed by atoms with Crippen molar-refractivity contribution < 1.29 is 5.11 Å². The van der Waals surface area contributed by atoms with E-state index in [1.807, 2.05) is 31.2 Å². The molecule has 0 amide bonds. The largest absolute Gasteiger partial charge is 0.385 e. The molecule has 1 nitrogen and oxygen atoms in total. The first-order chi connectivity index (χ1) is 6.58. The fourth-order valence-electron chi connectivity index (χ4n) is 1.83. The van der Waals surface area contributed by atoms with Gasteiger partial charge in [0.25, 0.3) is 0 Å². The Bertz CT molecular complexity index is 329. The van der Waals surface area contributed by atoms with Gasteiger partial charge in [-0.2, -0.15) is 0 Å². The average Bonchev–Trinajstić information content (AvgIpc) is 2.87. The van der Waals surface area contributed by atoms with Crippen LogP contribution in [0.3, 0.4) is 0 Å². The van der Waals surface area contributed by atoms with Crippen LogP contribution in [-0.4, -0.2) is 5.11 Å². The Labute approximate surface area is 93.3 Å². The van der Waals surface area contributed by atoms with E-state index >= 15 is 0 Å². The Morgan fingerprint density at radius 3 is 2.79 bits per heavy atom. The molecule has 1 N–H and O–H groups in total. The van der Waals surface area contributed by atoms with Crippen molar-refractivity contribution in [1.29, 1.82) is 0 Å². The highest BCUT2D eigenvalue weighted by molar-refractivity contribution is 9.10. The van der Waals surface area contributed by atoms with E-state index in [1.54, 1.807) is 0 Å². The summed E-state index contributed by atoms with van der Waals surface area (Å²) in [4.78, 5) is 0. The van der Waals surface area contributed by atoms with Gasteiger partial charge in [0.05, 0.1) is 5.60 Å². The normalized spacial score (nSPS) is 20.5. The van der Waals surface area contributed by atoms with Crippen molar-refractivity contribution in [2.45, 2.75) is 31.8 Å². The smallest absolute Gasteiger partial charge is 0.0871 e. The molecule has 1 saturated carbocycles. The summed E-state index contributed by atoms with van der Waals surface area (Å²) < 4.78 is 1.03. The number of hydrogen-bond donors (Lipinski definition) is 1. The second kappa shape index (κ2) is 3.67. The third-order valence-corrected chi connectivity index (χ3v) is 3.32. The molecule has 1 aliphatic rings. The molecule has 1 unspecified atom stereocenters. The molecule has 2 rings (SSSR count). The van der Waals surface area contributed by atoms with E-state index in [2.05, 4.69) is 15.9 Å². The van der Waals surface area contributed by atoms with Crippen LogP contribution in [0.4, 0.5) is 0 Å². The minimum atomic E-state index is -0.662. The maximum absolute atomic E-state index is 10.3. The molecule has 0 aromatic heterocycles. The van der Waals surface area contributed by atoms with Crippen LogP contribution in [0.15, 0.2) is 28.7 Å². The summed E-state index contributed by atoms with van der Waals surface area (Å²) in [5.74, 6) is 0.740. The van der Waals surface area contributed by atoms with Crippen molar-refractivity contribution in [2.75, 3.05) is 0 Å². The first-order valence-corrected chi connectivity index (χ1v) is 5.86. The lowest BCUT2D eigenvalue weighted by atomic mass is 9.90. The monoisotopic (exact) mass is 254 g/mol. The Kier molecular flexibility index (Phi) is 2.67.